The van der Waals surface area contributed by atoms with Crippen molar-refractivity contribution in [1.82, 2.24) is 15.4 Å². The highest BCUT2D eigenvalue weighted by atomic mass is 16.5. The van der Waals surface area contributed by atoms with Crippen molar-refractivity contribution in [2.24, 2.45) is 0 Å². The van der Waals surface area contributed by atoms with Crippen molar-refractivity contribution in [2.75, 3.05) is 32.0 Å². The van der Waals surface area contributed by atoms with Gasteiger partial charge in [0, 0.05) is 12.6 Å². The molecule has 1 aromatic rings. The SMILES string of the molecule is CCCCNC(=O)CN(C)CC(=O)Nc1cc(C)on1. The van der Waals surface area contributed by atoms with E-state index in [1.807, 2.05) is 0 Å². The van der Waals surface area contributed by atoms with Crippen LogP contribution in [0.3, 0.4) is 0 Å². The Balaban J connectivity index is 2.25. The van der Waals surface area contributed by atoms with Gasteiger partial charge in [0.15, 0.2) is 5.82 Å². The van der Waals surface area contributed by atoms with Gasteiger partial charge in [0.05, 0.1) is 13.1 Å². The standard InChI is InChI=1S/C13H22N4O3/c1-4-5-6-14-12(18)8-17(3)9-13(19)15-11-7-10(2)20-16-11/h7H,4-6,8-9H2,1-3H3,(H,14,18)(H,15,16,19). The Hall–Kier alpha value is -1.89. The number of anilines is 1. The minimum absolute atomic E-state index is 0.0777. The van der Waals surface area contributed by atoms with Gasteiger partial charge in [-0.1, -0.05) is 18.5 Å². The van der Waals surface area contributed by atoms with Crippen LogP contribution in [0.5, 0.6) is 0 Å². The van der Waals surface area contributed by atoms with E-state index in [1.54, 1.807) is 24.9 Å². The van der Waals surface area contributed by atoms with Gasteiger partial charge in [0.1, 0.15) is 5.76 Å². The average Bonchev–Trinajstić information content (AvgIpc) is 2.74. The highest BCUT2D eigenvalue weighted by Crippen LogP contribution is 2.06. The third-order valence-corrected chi connectivity index (χ3v) is 2.58. The Morgan fingerprint density at radius 3 is 2.65 bits per heavy atom. The number of likely N-dealkylation sites (N-methyl/N-ethyl adjacent to an activating group) is 1. The zero-order chi connectivity index (χ0) is 15.0. The first kappa shape index (κ1) is 16.2. The number of carbonyl (C=O) groups is 2. The first-order valence-electron chi connectivity index (χ1n) is 6.69. The van der Waals surface area contributed by atoms with Crippen molar-refractivity contribution in [1.29, 1.82) is 0 Å². The van der Waals surface area contributed by atoms with Crippen LogP contribution in [0.1, 0.15) is 25.5 Å². The van der Waals surface area contributed by atoms with Crippen LogP contribution in [0, 0.1) is 6.92 Å². The monoisotopic (exact) mass is 282 g/mol. The number of nitrogens with zero attached hydrogens (tertiary/aromatic N) is 2. The van der Waals surface area contributed by atoms with E-state index in [1.165, 1.54) is 0 Å². The van der Waals surface area contributed by atoms with Crippen LogP contribution < -0.4 is 10.6 Å². The summed E-state index contributed by atoms with van der Waals surface area (Å²) in [6.07, 6.45) is 2.00. The van der Waals surface area contributed by atoms with Crippen molar-refractivity contribution < 1.29 is 14.1 Å². The van der Waals surface area contributed by atoms with Gasteiger partial charge in [-0.2, -0.15) is 0 Å². The molecule has 0 saturated carbocycles. The second-order valence-electron chi connectivity index (χ2n) is 4.75. The summed E-state index contributed by atoms with van der Waals surface area (Å²) in [7, 11) is 1.72. The van der Waals surface area contributed by atoms with Crippen LogP contribution in [0.15, 0.2) is 10.6 Å². The lowest BCUT2D eigenvalue weighted by atomic mass is 10.3. The number of aromatic nitrogens is 1. The smallest absolute Gasteiger partial charge is 0.239 e. The Morgan fingerprint density at radius 2 is 2.05 bits per heavy atom. The lowest BCUT2D eigenvalue weighted by Gasteiger charge is -2.15. The van der Waals surface area contributed by atoms with Gasteiger partial charge < -0.3 is 15.2 Å². The summed E-state index contributed by atoms with van der Waals surface area (Å²) >= 11 is 0. The van der Waals surface area contributed by atoms with Crippen LogP contribution in [0.4, 0.5) is 5.82 Å². The maximum atomic E-state index is 11.7. The molecule has 1 heterocycles. The Kier molecular flexibility index (Phi) is 6.72. The number of nitrogens with one attached hydrogen (secondary N) is 2. The fourth-order valence-corrected chi connectivity index (χ4v) is 1.61. The van der Waals surface area contributed by atoms with Gasteiger partial charge in [-0.15, -0.1) is 0 Å². The van der Waals surface area contributed by atoms with E-state index in [0.717, 1.165) is 12.8 Å². The maximum absolute atomic E-state index is 11.7. The predicted molar refractivity (Wildman–Crippen MR) is 75.3 cm³/mol. The summed E-state index contributed by atoms with van der Waals surface area (Å²) < 4.78 is 4.85. The molecule has 0 atom stereocenters. The topological polar surface area (TPSA) is 87.5 Å². The van der Waals surface area contributed by atoms with Crippen molar-refractivity contribution in [3.05, 3.63) is 11.8 Å². The summed E-state index contributed by atoms with van der Waals surface area (Å²) in [5.74, 6) is 0.699. The number of rotatable bonds is 8. The fraction of sp³-hybridized carbons (Fsp3) is 0.615. The summed E-state index contributed by atoms with van der Waals surface area (Å²) in [6, 6.07) is 1.63. The molecule has 0 radical (unpaired) electrons. The Morgan fingerprint density at radius 1 is 1.35 bits per heavy atom. The zero-order valence-corrected chi connectivity index (χ0v) is 12.2. The lowest BCUT2D eigenvalue weighted by Crippen LogP contribution is -2.39. The molecular formula is C13H22N4O3. The fourth-order valence-electron chi connectivity index (χ4n) is 1.61. The quantitative estimate of drug-likeness (QED) is 0.688. The molecule has 0 aliphatic carbocycles. The van der Waals surface area contributed by atoms with Crippen LogP contribution in [0.25, 0.3) is 0 Å². The van der Waals surface area contributed by atoms with Crippen LogP contribution >= 0.6 is 0 Å². The van der Waals surface area contributed by atoms with Crippen LogP contribution in [-0.2, 0) is 9.59 Å². The molecule has 1 aromatic heterocycles. The first-order valence-corrected chi connectivity index (χ1v) is 6.69. The van der Waals surface area contributed by atoms with E-state index in [9.17, 15) is 9.59 Å². The van der Waals surface area contributed by atoms with Crippen molar-refractivity contribution in [3.8, 4) is 0 Å². The molecule has 0 bridgehead atoms. The van der Waals surface area contributed by atoms with Gasteiger partial charge in [-0.05, 0) is 20.4 Å². The Labute approximate surface area is 118 Å². The summed E-state index contributed by atoms with van der Waals surface area (Å²) in [5, 5.41) is 9.07. The maximum Gasteiger partial charge on any atom is 0.239 e. The third-order valence-electron chi connectivity index (χ3n) is 2.58. The Bertz CT molecular complexity index is 445. The molecule has 0 aromatic carbocycles. The summed E-state index contributed by atoms with van der Waals surface area (Å²) in [4.78, 5) is 24.9. The van der Waals surface area contributed by atoms with Crippen LogP contribution in [0.2, 0.25) is 0 Å². The number of hydrogen-bond donors (Lipinski definition) is 2. The van der Waals surface area contributed by atoms with E-state index >= 15 is 0 Å². The number of aryl methyl sites for hydroxylation is 1. The van der Waals surface area contributed by atoms with Crippen molar-refractivity contribution >= 4 is 17.6 Å². The molecule has 20 heavy (non-hydrogen) atoms. The number of unbranched alkanes of at least 4 members (excludes halogenated alkanes) is 1. The molecular weight excluding hydrogens is 260 g/mol. The van der Waals surface area contributed by atoms with Gasteiger partial charge in [0.25, 0.3) is 0 Å². The molecule has 1 rings (SSSR count). The number of amides is 2. The van der Waals surface area contributed by atoms with Crippen LogP contribution in [-0.4, -0.2) is 48.6 Å². The molecule has 112 valence electrons. The largest absolute Gasteiger partial charge is 0.360 e. The van der Waals surface area contributed by atoms with Gasteiger partial charge in [0.2, 0.25) is 11.8 Å². The van der Waals surface area contributed by atoms with Gasteiger partial charge >= 0.3 is 0 Å². The molecule has 0 unspecified atom stereocenters. The highest BCUT2D eigenvalue weighted by molar-refractivity contribution is 5.91. The minimum atomic E-state index is -0.234. The second kappa shape index (κ2) is 8.31. The molecule has 2 N–H and O–H groups in total. The molecule has 7 nitrogen and oxygen atoms in total. The minimum Gasteiger partial charge on any atom is -0.360 e. The number of carbonyl (C=O) groups excluding carboxylic acids is 2. The molecule has 0 aliphatic rings. The first-order chi connectivity index (χ1) is 9.51. The molecule has 0 fully saturated rings. The average molecular weight is 282 g/mol. The lowest BCUT2D eigenvalue weighted by molar-refractivity contribution is -0.122. The van der Waals surface area contributed by atoms with E-state index in [-0.39, 0.29) is 24.9 Å². The van der Waals surface area contributed by atoms with Crippen molar-refractivity contribution in [3.63, 3.8) is 0 Å². The van der Waals surface area contributed by atoms with E-state index in [0.29, 0.717) is 18.1 Å². The zero-order valence-electron chi connectivity index (χ0n) is 12.2. The second-order valence-corrected chi connectivity index (χ2v) is 4.75. The molecule has 7 heteroatoms. The highest BCUT2D eigenvalue weighted by Gasteiger charge is 2.11. The molecule has 2 amide bonds. The van der Waals surface area contributed by atoms with Crippen molar-refractivity contribution in [2.45, 2.75) is 26.7 Å². The normalized spacial score (nSPS) is 10.6. The van der Waals surface area contributed by atoms with E-state index in [2.05, 4.69) is 22.7 Å². The molecule has 0 aliphatic heterocycles. The van der Waals surface area contributed by atoms with E-state index in [4.69, 9.17) is 4.52 Å². The third kappa shape index (κ3) is 6.33. The summed E-state index contributed by atoms with van der Waals surface area (Å²) in [6.45, 7) is 4.79. The summed E-state index contributed by atoms with van der Waals surface area (Å²) in [5.41, 5.74) is 0. The molecule has 0 saturated heterocycles. The van der Waals surface area contributed by atoms with E-state index < -0.39 is 0 Å². The molecule has 0 spiro atoms. The van der Waals surface area contributed by atoms with Gasteiger partial charge in [-0.3, -0.25) is 14.5 Å². The van der Waals surface area contributed by atoms with Gasteiger partial charge in [-0.25, -0.2) is 0 Å². The number of hydrogen-bond acceptors (Lipinski definition) is 5. The predicted octanol–water partition coefficient (Wildman–Crippen LogP) is 0.770.